The van der Waals surface area contributed by atoms with Crippen LogP contribution in [0, 0.1) is 9.49 Å². The fourth-order valence-electron chi connectivity index (χ4n) is 3.69. The Hall–Kier alpha value is -0.930. The molecule has 1 aliphatic heterocycles. The van der Waals surface area contributed by atoms with Crippen LogP contribution >= 0.6 is 38.5 Å². The summed E-state index contributed by atoms with van der Waals surface area (Å²) in [4.78, 5) is 0.295. The van der Waals surface area contributed by atoms with Gasteiger partial charge in [-0.15, -0.1) is 0 Å². The van der Waals surface area contributed by atoms with Crippen molar-refractivity contribution in [3.63, 3.8) is 0 Å². The number of nitrogens with zero attached hydrogens (tertiary/aromatic N) is 2. The van der Waals surface area contributed by atoms with Crippen molar-refractivity contribution >= 4 is 54.3 Å². The van der Waals surface area contributed by atoms with E-state index in [0.29, 0.717) is 17.4 Å². The maximum absolute atomic E-state index is 13.0. The van der Waals surface area contributed by atoms with Crippen molar-refractivity contribution in [2.45, 2.75) is 30.6 Å². The second-order valence-electron chi connectivity index (χ2n) is 6.63. The van der Waals surface area contributed by atoms with Crippen LogP contribution in [0.25, 0.3) is 0 Å². The summed E-state index contributed by atoms with van der Waals surface area (Å²) in [6, 6.07) is 13.0. The Bertz CT molecular complexity index is 974. The van der Waals surface area contributed by atoms with E-state index in [-0.39, 0.29) is 0 Å². The van der Waals surface area contributed by atoms with Crippen LogP contribution in [0.5, 0.6) is 0 Å². The molecule has 0 saturated carbocycles. The Labute approximate surface area is 176 Å². The third-order valence-electron chi connectivity index (χ3n) is 5.04. The largest absolute Gasteiger partial charge is 0.279 e. The van der Waals surface area contributed by atoms with Crippen LogP contribution in [-0.2, 0) is 16.4 Å². The number of hydrogen-bond acceptors (Lipinski definition) is 3. The van der Waals surface area contributed by atoms with E-state index in [1.807, 2.05) is 24.3 Å². The summed E-state index contributed by atoms with van der Waals surface area (Å²) < 4.78 is 29.5. The minimum atomic E-state index is -3.62. The molecule has 0 saturated heterocycles. The molecule has 4 rings (SSSR count). The van der Waals surface area contributed by atoms with E-state index in [2.05, 4.69) is 49.7 Å². The van der Waals surface area contributed by atoms with Gasteiger partial charge in [-0.2, -0.15) is 17.9 Å². The normalized spacial score (nSPS) is 20.0. The van der Waals surface area contributed by atoms with Crippen molar-refractivity contribution in [1.29, 1.82) is 0 Å². The highest BCUT2D eigenvalue weighted by molar-refractivity contribution is 14.1. The molecule has 1 heterocycles. The first-order valence-electron chi connectivity index (χ1n) is 8.61. The molecule has 2 aromatic rings. The highest BCUT2D eigenvalue weighted by Crippen LogP contribution is 2.35. The molecular formula is C19H18BrIN2O2S. The molecule has 0 radical (unpaired) electrons. The van der Waals surface area contributed by atoms with E-state index in [1.165, 1.54) is 9.98 Å². The molecule has 0 N–H and O–H groups in total. The smallest absolute Gasteiger partial charge is 0.200 e. The van der Waals surface area contributed by atoms with Gasteiger partial charge in [0.15, 0.2) is 0 Å². The molecule has 26 heavy (non-hydrogen) atoms. The fourth-order valence-corrected chi connectivity index (χ4v) is 5.88. The van der Waals surface area contributed by atoms with Crippen molar-refractivity contribution in [3.05, 3.63) is 61.6 Å². The Morgan fingerprint density at radius 3 is 2.65 bits per heavy atom. The molecule has 0 fully saturated rings. The second kappa shape index (κ2) is 7.24. The van der Waals surface area contributed by atoms with Gasteiger partial charge in [-0.1, -0.05) is 28.1 Å². The molecule has 2 aromatic carbocycles. The van der Waals surface area contributed by atoms with Gasteiger partial charge >= 0.3 is 0 Å². The van der Waals surface area contributed by atoms with E-state index in [1.54, 1.807) is 12.1 Å². The minimum Gasteiger partial charge on any atom is -0.200 e. The average Bonchev–Trinajstić information content (AvgIpc) is 2.82. The molecule has 0 amide bonds. The van der Waals surface area contributed by atoms with Crippen LogP contribution in [-0.4, -0.2) is 25.1 Å². The van der Waals surface area contributed by atoms with E-state index in [9.17, 15) is 8.42 Å². The number of benzene rings is 2. The zero-order chi connectivity index (χ0) is 18.3. The van der Waals surface area contributed by atoms with E-state index < -0.39 is 10.0 Å². The Morgan fingerprint density at radius 2 is 1.88 bits per heavy atom. The summed E-state index contributed by atoms with van der Waals surface area (Å²) in [6.45, 7) is 0.436. The van der Waals surface area contributed by atoms with Gasteiger partial charge < -0.3 is 0 Å². The third-order valence-corrected chi connectivity index (χ3v) is 8.19. The number of hydrogen-bond donors (Lipinski definition) is 0. The number of rotatable bonds is 2. The number of halogens is 2. The lowest BCUT2D eigenvalue weighted by Gasteiger charge is -2.30. The van der Waals surface area contributed by atoms with E-state index in [0.717, 1.165) is 45.0 Å². The van der Waals surface area contributed by atoms with Gasteiger partial charge in [-0.25, -0.2) is 0 Å². The van der Waals surface area contributed by atoms with Crippen LogP contribution in [0.4, 0.5) is 0 Å². The fraction of sp³-hybridized carbons (Fsp3) is 0.316. The molecule has 1 unspecified atom stereocenters. The lowest BCUT2D eigenvalue weighted by Crippen LogP contribution is -2.36. The molecular weight excluding hydrogens is 527 g/mol. The predicted octanol–water partition coefficient (Wildman–Crippen LogP) is 4.80. The Kier molecular flexibility index (Phi) is 5.13. The molecule has 0 bridgehead atoms. The Balaban J connectivity index is 1.78. The minimum absolute atomic E-state index is 0.295. The topological polar surface area (TPSA) is 49.7 Å². The van der Waals surface area contributed by atoms with Crippen molar-refractivity contribution in [2.75, 3.05) is 6.54 Å². The maximum Gasteiger partial charge on any atom is 0.279 e. The molecule has 0 aromatic heterocycles. The highest BCUT2D eigenvalue weighted by atomic mass is 127. The molecule has 1 atom stereocenters. The van der Waals surface area contributed by atoms with Gasteiger partial charge in [0.1, 0.15) is 0 Å². The zero-order valence-corrected chi connectivity index (χ0v) is 18.6. The lowest BCUT2D eigenvalue weighted by molar-refractivity contribution is 0.369. The highest BCUT2D eigenvalue weighted by Gasteiger charge is 2.33. The molecule has 1 aliphatic carbocycles. The average molecular weight is 545 g/mol. The lowest BCUT2D eigenvalue weighted by atomic mass is 9.90. The first kappa shape index (κ1) is 18.4. The third kappa shape index (κ3) is 3.33. The molecule has 7 heteroatoms. The van der Waals surface area contributed by atoms with Crippen LogP contribution in [0.1, 0.15) is 30.4 Å². The van der Waals surface area contributed by atoms with Crippen molar-refractivity contribution < 1.29 is 8.42 Å². The Morgan fingerprint density at radius 1 is 1.12 bits per heavy atom. The quantitative estimate of drug-likeness (QED) is 0.510. The second-order valence-corrected chi connectivity index (χ2v) is 10.6. The monoisotopic (exact) mass is 544 g/mol. The van der Waals surface area contributed by atoms with E-state index >= 15 is 0 Å². The van der Waals surface area contributed by atoms with Crippen LogP contribution < -0.4 is 0 Å². The zero-order valence-electron chi connectivity index (χ0n) is 14.0. The standard InChI is InChI=1S/C19H18BrIN2O2S/c20-18-6-2-5-17-16(18)4-1-3-13-11-12-23(22-19(13)17)26(24,25)15-9-7-14(21)8-10-15/h2,5-10,13H,1,3-4,11-12H2. The van der Waals surface area contributed by atoms with E-state index in [4.69, 9.17) is 0 Å². The number of fused-ring (bicyclic) bond motifs is 3. The summed E-state index contributed by atoms with van der Waals surface area (Å²) in [5.74, 6) is 0.328. The molecule has 4 nitrogen and oxygen atoms in total. The van der Waals surface area contributed by atoms with Gasteiger partial charge in [0.2, 0.25) is 0 Å². The number of sulfonamides is 1. The van der Waals surface area contributed by atoms with Gasteiger partial charge in [0.25, 0.3) is 10.0 Å². The van der Waals surface area contributed by atoms with Crippen LogP contribution in [0.2, 0.25) is 0 Å². The predicted molar refractivity (Wildman–Crippen MR) is 115 cm³/mol. The summed E-state index contributed by atoms with van der Waals surface area (Å²) in [7, 11) is -3.62. The van der Waals surface area contributed by atoms with Crippen molar-refractivity contribution in [3.8, 4) is 0 Å². The molecule has 136 valence electrons. The summed E-state index contributed by atoms with van der Waals surface area (Å²) in [5.41, 5.74) is 3.24. The summed E-state index contributed by atoms with van der Waals surface area (Å²) in [5, 5.41) is 4.66. The molecule has 0 spiro atoms. The van der Waals surface area contributed by atoms with Crippen molar-refractivity contribution in [2.24, 2.45) is 11.0 Å². The molecule has 2 aliphatic rings. The van der Waals surface area contributed by atoms with Gasteiger partial charge in [-0.05, 0) is 84.2 Å². The maximum atomic E-state index is 13.0. The van der Waals surface area contributed by atoms with Crippen LogP contribution in [0.15, 0.2) is 56.9 Å². The van der Waals surface area contributed by atoms with Gasteiger partial charge in [0.05, 0.1) is 17.2 Å². The number of hydrazone groups is 1. The first-order chi connectivity index (χ1) is 12.5. The summed E-state index contributed by atoms with van der Waals surface area (Å²) >= 11 is 5.81. The van der Waals surface area contributed by atoms with Crippen molar-refractivity contribution in [1.82, 2.24) is 4.41 Å². The van der Waals surface area contributed by atoms with Gasteiger partial charge in [0, 0.05) is 19.5 Å². The SMILES string of the molecule is O=S(=O)(c1ccc(I)cc1)N1CCC2CCCc3c(Br)cccc3C2=N1. The summed E-state index contributed by atoms with van der Waals surface area (Å²) in [6.07, 6.45) is 3.96. The van der Waals surface area contributed by atoms with Crippen LogP contribution in [0.3, 0.4) is 0 Å². The first-order valence-corrected chi connectivity index (χ1v) is 11.9. The van der Waals surface area contributed by atoms with Gasteiger partial charge in [-0.3, -0.25) is 0 Å².